The summed E-state index contributed by atoms with van der Waals surface area (Å²) in [5.74, 6) is 1.19. The molecule has 2 fully saturated rings. The normalized spacial score (nSPS) is 18.3. The molecule has 1 aliphatic heterocycles. The molecule has 2 aromatic rings. The molecule has 2 aliphatic rings. The molecule has 1 aromatic heterocycles. The van der Waals surface area contributed by atoms with Gasteiger partial charge >= 0.3 is 6.03 Å². The highest BCUT2D eigenvalue weighted by atomic mass is 32.2. The number of nitrogens with one attached hydrogen (secondary N) is 1. The van der Waals surface area contributed by atoms with E-state index in [4.69, 9.17) is 0 Å². The Labute approximate surface area is 149 Å². The Morgan fingerprint density at radius 3 is 2.68 bits per heavy atom. The van der Waals surface area contributed by atoms with Crippen LogP contribution in [0.25, 0.3) is 5.69 Å². The van der Waals surface area contributed by atoms with Gasteiger partial charge in [-0.1, -0.05) is 30.0 Å². The first kappa shape index (κ1) is 16.1. The van der Waals surface area contributed by atoms with Crippen molar-refractivity contribution < 1.29 is 9.59 Å². The molecule has 3 amide bonds. The van der Waals surface area contributed by atoms with Gasteiger partial charge in [0.05, 0.1) is 5.25 Å². The Morgan fingerprint density at radius 1 is 1.28 bits per heavy atom. The van der Waals surface area contributed by atoms with Crippen LogP contribution in [0.4, 0.5) is 4.79 Å². The average molecular weight is 357 g/mol. The van der Waals surface area contributed by atoms with E-state index >= 15 is 0 Å². The van der Waals surface area contributed by atoms with Gasteiger partial charge in [-0.15, -0.1) is 10.2 Å². The molecule has 8 heteroatoms. The van der Waals surface area contributed by atoms with Gasteiger partial charge in [-0.25, -0.2) is 4.79 Å². The fourth-order valence-corrected chi connectivity index (χ4v) is 3.83. The molecule has 130 valence electrons. The van der Waals surface area contributed by atoms with Crippen molar-refractivity contribution in [3.63, 3.8) is 0 Å². The molecule has 25 heavy (non-hydrogen) atoms. The molecule has 2 heterocycles. The molecular weight excluding hydrogens is 338 g/mol. The summed E-state index contributed by atoms with van der Waals surface area (Å²) in [5.41, 5.74) is 0.996. The van der Waals surface area contributed by atoms with Crippen molar-refractivity contribution in [3.05, 3.63) is 36.2 Å². The number of carbonyl (C=O) groups excluding carboxylic acids is 2. The molecular formula is C17H19N5O2S. The fraction of sp³-hybridized carbons (Fsp3) is 0.412. The van der Waals surface area contributed by atoms with Gasteiger partial charge in [0.15, 0.2) is 5.16 Å². The third-order valence-corrected chi connectivity index (χ3v) is 5.40. The predicted octanol–water partition coefficient (Wildman–Crippen LogP) is 2.18. The number of rotatable bonds is 5. The van der Waals surface area contributed by atoms with Crippen LogP contribution in [0.2, 0.25) is 0 Å². The van der Waals surface area contributed by atoms with Gasteiger partial charge in [0, 0.05) is 24.7 Å². The van der Waals surface area contributed by atoms with E-state index in [9.17, 15) is 9.59 Å². The minimum atomic E-state index is -0.414. The maximum absolute atomic E-state index is 12.5. The van der Waals surface area contributed by atoms with Gasteiger partial charge in [-0.3, -0.25) is 14.3 Å². The van der Waals surface area contributed by atoms with Crippen LogP contribution >= 0.6 is 11.8 Å². The summed E-state index contributed by atoms with van der Waals surface area (Å²) in [5, 5.41) is 11.6. The first-order valence-corrected chi connectivity index (χ1v) is 9.29. The smallest absolute Gasteiger partial charge is 0.324 e. The molecule has 0 radical (unpaired) electrons. The molecule has 1 saturated carbocycles. The Kier molecular flexibility index (Phi) is 4.20. The number of carbonyl (C=O) groups is 2. The SMILES string of the molecule is C[C@H](Sc1nnc(C2CC2)n1-c1ccccc1)C(=O)N1CCNC1=O. The summed E-state index contributed by atoms with van der Waals surface area (Å²) in [6, 6.07) is 9.63. The number of urea groups is 1. The highest BCUT2D eigenvalue weighted by Gasteiger charge is 2.34. The van der Waals surface area contributed by atoms with Crippen molar-refractivity contribution in [1.29, 1.82) is 0 Å². The molecule has 7 nitrogen and oxygen atoms in total. The Bertz CT molecular complexity index is 803. The molecule has 1 atom stereocenters. The van der Waals surface area contributed by atoms with Crippen molar-refractivity contribution >= 4 is 23.7 Å². The van der Waals surface area contributed by atoms with Gasteiger partial charge in [0.25, 0.3) is 0 Å². The van der Waals surface area contributed by atoms with Crippen molar-refractivity contribution in [2.75, 3.05) is 13.1 Å². The lowest BCUT2D eigenvalue weighted by molar-refractivity contribution is -0.126. The highest BCUT2D eigenvalue weighted by Crippen LogP contribution is 2.41. The maximum atomic E-state index is 12.5. The quantitative estimate of drug-likeness (QED) is 0.830. The second-order valence-corrected chi connectivity index (χ2v) is 7.58. The van der Waals surface area contributed by atoms with Crippen LogP contribution in [0.3, 0.4) is 0 Å². The number of benzene rings is 1. The van der Waals surface area contributed by atoms with Crippen LogP contribution in [0.1, 0.15) is 31.5 Å². The van der Waals surface area contributed by atoms with Gasteiger partial charge < -0.3 is 5.32 Å². The Morgan fingerprint density at radius 2 is 2.04 bits per heavy atom. The summed E-state index contributed by atoms with van der Waals surface area (Å²) in [6.07, 6.45) is 2.25. The van der Waals surface area contributed by atoms with Crippen molar-refractivity contribution in [2.45, 2.75) is 36.1 Å². The van der Waals surface area contributed by atoms with Crippen molar-refractivity contribution in [2.24, 2.45) is 0 Å². The lowest BCUT2D eigenvalue weighted by Gasteiger charge is -2.17. The van der Waals surface area contributed by atoms with E-state index in [1.54, 1.807) is 6.92 Å². The first-order chi connectivity index (χ1) is 12.1. The van der Waals surface area contributed by atoms with Gasteiger partial charge in [0.1, 0.15) is 5.82 Å². The summed E-state index contributed by atoms with van der Waals surface area (Å²) in [6.45, 7) is 2.73. The second kappa shape index (κ2) is 6.51. The molecule has 0 bridgehead atoms. The van der Waals surface area contributed by atoms with E-state index in [0.717, 1.165) is 24.4 Å². The standard InChI is InChI=1S/C17H19N5O2S/c1-11(15(23)21-10-9-18-16(21)24)25-17-20-19-14(12-7-8-12)22(17)13-5-3-2-4-6-13/h2-6,11-12H,7-10H2,1H3,(H,18,24)/t11-/m0/s1. The summed E-state index contributed by atoms with van der Waals surface area (Å²) in [7, 11) is 0. The lowest BCUT2D eigenvalue weighted by Crippen LogP contribution is -2.39. The molecule has 1 N–H and O–H groups in total. The first-order valence-electron chi connectivity index (χ1n) is 8.41. The number of aromatic nitrogens is 3. The molecule has 4 rings (SSSR count). The van der Waals surface area contributed by atoms with Crippen molar-refractivity contribution in [1.82, 2.24) is 25.0 Å². The summed E-state index contributed by atoms with van der Waals surface area (Å²) in [4.78, 5) is 25.5. The van der Waals surface area contributed by atoms with E-state index in [-0.39, 0.29) is 11.9 Å². The van der Waals surface area contributed by atoms with Gasteiger partial charge in [-0.2, -0.15) is 0 Å². The third-order valence-electron chi connectivity index (χ3n) is 4.37. The fourth-order valence-electron chi connectivity index (χ4n) is 2.89. The topological polar surface area (TPSA) is 80.1 Å². The van der Waals surface area contributed by atoms with Crippen LogP contribution < -0.4 is 5.32 Å². The highest BCUT2D eigenvalue weighted by molar-refractivity contribution is 8.00. The Hall–Kier alpha value is -2.35. The largest absolute Gasteiger partial charge is 0.336 e. The third kappa shape index (κ3) is 3.13. The van der Waals surface area contributed by atoms with Crippen LogP contribution in [-0.2, 0) is 4.79 Å². The summed E-state index contributed by atoms with van der Waals surface area (Å²) >= 11 is 1.35. The molecule has 1 aliphatic carbocycles. The van der Waals surface area contributed by atoms with E-state index < -0.39 is 5.25 Å². The zero-order valence-electron chi connectivity index (χ0n) is 13.9. The van der Waals surface area contributed by atoms with Gasteiger partial charge in [0.2, 0.25) is 5.91 Å². The molecule has 1 aromatic carbocycles. The molecule has 0 spiro atoms. The number of para-hydroxylation sites is 1. The minimum absolute atomic E-state index is 0.199. The number of nitrogens with zero attached hydrogens (tertiary/aromatic N) is 4. The number of hydrogen-bond acceptors (Lipinski definition) is 5. The maximum Gasteiger partial charge on any atom is 0.324 e. The lowest BCUT2D eigenvalue weighted by atomic mass is 10.3. The number of imide groups is 1. The van der Waals surface area contributed by atoms with Gasteiger partial charge in [-0.05, 0) is 31.9 Å². The summed E-state index contributed by atoms with van der Waals surface area (Å²) < 4.78 is 2.04. The second-order valence-electron chi connectivity index (χ2n) is 6.27. The predicted molar refractivity (Wildman–Crippen MR) is 93.8 cm³/mol. The van der Waals surface area contributed by atoms with E-state index in [0.29, 0.717) is 24.2 Å². The number of amides is 3. The molecule has 0 unspecified atom stereocenters. The van der Waals surface area contributed by atoms with Crippen molar-refractivity contribution in [3.8, 4) is 5.69 Å². The van der Waals surface area contributed by atoms with E-state index in [1.165, 1.54) is 16.7 Å². The van der Waals surface area contributed by atoms with Crippen LogP contribution in [-0.4, -0.2) is 49.9 Å². The minimum Gasteiger partial charge on any atom is -0.336 e. The zero-order valence-corrected chi connectivity index (χ0v) is 14.7. The van der Waals surface area contributed by atoms with Crippen LogP contribution in [0.15, 0.2) is 35.5 Å². The number of thioether (sulfide) groups is 1. The van der Waals surface area contributed by atoms with Crippen LogP contribution in [0, 0.1) is 0 Å². The monoisotopic (exact) mass is 357 g/mol. The number of hydrogen-bond donors (Lipinski definition) is 1. The average Bonchev–Trinajstić information content (AvgIpc) is 3.25. The zero-order chi connectivity index (χ0) is 17.4. The van der Waals surface area contributed by atoms with E-state index in [1.807, 2.05) is 34.9 Å². The molecule has 1 saturated heterocycles. The van der Waals surface area contributed by atoms with E-state index in [2.05, 4.69) is 15.5 Å². The Balaban J connectivity index is 1.60. The van der Waals surface area contributed by atoms with Crippen LogP contribution in [0.5, 0.6) is 0 Å².